The molecule has 1 aliphatic heterocycles. The molecular formula is C17H24N4. The van der Waals surface area contributed by atoms with Gasteiger partial charge < -0.3 is 10.2 Å². The van der Waals surface area contributed by atoms with Crippen LogP contribution in [0.1, 0.15) is 26.2 Å². The zero-order valence-electron chi connectivity index (χ0n) is 12.7. The van der Waals surface area contributed by atoms with Gasteiger partial charge in [-0.15, -0.1) is 0 Å². The SMILES string of the molecule is C[C@H](CCn1cccn1)Nc1cccc(N2CCCC2)c1. The van der Waals surface area contributed by atoms with Crippen molar-refractivity contribution in [2.24, 2.45) is 0 Å². The highest BCUT2D eigenvalue weighted by Crippen LogP contribution is 2.23. The van der Waals surface area contributed by atoms with Crippen molar-refractivity contribution in [2.45, 2.75) is 38.8 Å². The molecule has 0 radical (unpaired) electrons. The first-order chi connectivity index (χ1) is 10.3. The monoisotopic (exact) mass is 284 g/mol. The molecule has 2 aromatic rings. The molecule has 1 aromatic heterocycles. The van der Waals surface area contributed by atoms with Crippen molar-refractivity contribution < 1.29 is 0 Å². The molecule has 1 aliphatic rings. The topological polar surface area (TPSA) is 33.1 Å². The highest BCUT2D eigenvalue weighted by atomic mass is 15.3. The number of anilines is 2. The van der Waals surface area contributed by atoms with E-state index >= 15 is 0 Å². The third kappa shape index (κ3) is 3.78. The first kappa shape index (κ1) is 14.0. The van der Waals surface area contributed by atoms with E-state index in [4.69, 9.17) is 0 Å². The summed E-state index contributed by atoms with van der Waals surface area (Å²) in [7, 11) is 0. The predicted molar refractivity (Wildman–Crippen MR) is 87.8 cm³/mol. The van der Waals surface area contributed by atoms with Crippen LogP contribution in [0.5, 0.6) is 0 Å². The largest absolute Gasteiger partial charge is 0.382 e. The van der Waals surface area contributed by atoms with E-state index in [0.717, 1.165) is 13.0 Å². The van der Waals surface area contributed by atoms with Gasteiger partial charge in [0.05, 0.1) is 0 Å². The number of aromatic nitrogens is 2. The first-order valence-electron chi connectivity index (χ1n) is 7.90. The van der Waals surface area contributed by atoms with Crippen molar-refractivity contribution in [2.75, 3.05) is 23.3 Å². The van der Waals surface area contributed by atoms with E-state index in [9.17, 15) is 0 Å². The van der Waals surface area contributed by atoms with Crippen LogP contribution in [0.15, 0.2) is 42.7 Å². The maximum atomic E-state index is 4.24. The van der Waals surface area contributed by atoms with E-state index in [0.29, 0.717) is 6.04 Å². The van der Waals surface area contributed by atoms with Crippen LogP contribution in [0.3, 0.4) is 0 Å². The van der Waals surface area contributed by atoms with E-state index in [2.05, 4.69) is 46.5 Å². The Morgan fingerprint density at radius 3 is 2.86 bits per heavy atom. The minimum absolute atomic E-state index is 0.433. The summed E-state index contributed by atoms with van der Waals surface area (Å²) in [5.74, 6) is 0. The minimum atomic E-state index is 0.433. The average Bonchev–Trinajstić information content (AvgIpc) is 3.19. The van der Waals surface area contributed by atoms with Crippen LogP contribution in [0.2, 0.25) is 0 Å². The van der Waals surface area contributed by atoms with Crippen molar-refractivity contribution in [3.05, 3.63) is 42.7 Å². The molecule has 1 fully saturated rings. The van der Waals surface area contributed by atoms with Crippen LogP contribution < -0.4 is 10.2 Å². The molecule has 1 saturated heterocycles. The summed E-state index contributed by atoms with van der Waals surface area (Å²) in [5, 5.41) is 7.84. The first-order valence-corrected chi connectivity index (χ1v) is 7.90. The zero-order chi connectivity index (χ0) is 14.5. The van der Waals surface area contributed by atoms with Crippen LogP contribution in [0, 0.1) is 0 Å². The predicted octanol–water partition coefficient (Wildman–Crippen LogP) is 3.37. The maximum Gasteiger partial charge on any atom is 0.0489 e. The second-order valence-corrected chi connectivity index (χ2v) is 5.85. The summed E-state index contributed by atoms with van der Waals surface area (Å²) in [6, 6.07) is 11.2. The summed E-state index contributed by atoms with van der Waals surface area (Å²) in [5.41, 5.74) is 2.56. The van der Waals surface area contributed by atoms with Gasteiger partial charge in [0.15, 0.2) is 0 Å². The zero-order valence-corrected chi connectivity index (χ0v) is 12.7. The van der Waals surface area contributed by atoms with Crippen molar-refractivity contribution in [3.8, 4) is 0 Å². The van der Waals surface area contributed by atoms with Crippen molar-refractivity contribution in [1.29, 1.82) is 0 Å². The molecule has 3 rings (SSSR count). The van der Waals surface area contributed by atoms with Gasteiger partial charge in [-0.2, -0.15) is 5.10 Å². The number of hydrogen-bond acceptors (Lipinski definition) is 3. The maximum absolute atomic E-state index is 4.24. The van der Waals surface area contributed by atoms with Gasteiger partial charge >= 0.3 is 0 Å². The fraction of sp³-hybridized carbons (Fsp3) is 0.471. The summed E-state index contributed by atoms with van der Waals surface area (Å²) in [6.45, 7) is 5.57. The van der Waals surface area contributed by atoms with E-state index in [-0.39, 0.29) is 0 Å². The lowest BCUT2D eigenvalue weighted by atomic mass is 10.2. The lowest BCUT2D eigenvalue weighted by molar-refractivity contribution is 0.546. The molecule has 0 aliphatic carbocycles. The molecule has 0 amide bonds. The summed E-state index contributed by atoms with van der Waals surface area (Å²) in [4.78, 5) is 2.47. The number of benzene rings is 1. The molecule has 21 heavy (non-hydrogen) atoms. The fourth-order valence-corrected chi connectivity index (χ4v) is 2.88. The third-order valence-corrected chi connectivity index (χ3v) is 4.08. The van der Waals surface area contributed by atoms with E-state index in [1.165, 1.54) is 37.3 Å². The van der Waals surface area contributed by atoms with Crippen molar-refractivity contribution >= 4 is 11.4 Å². The van der Waals surface area contributed by atoms with Gasteiger partial charge in [-0.25, -0.2) is 0 Å². The Labute approximate surface area is 126 Å². The van der Waals surface area contributed by atoms with Crippen LogP contribution in [0.4, 0.5) is 11.4 Å². The lowest BCUT2D eigenvalue weighted by Gasteiger charge is -2.20. The number of rotatable bonds is 6. The number of nitrogens with one attached hydrogen (secondary N) is 1. The smallest absolute Gasteiger partial charge is 0.0489 e. The summed E-state index contributed by atoms with van der Waals surface area (Å²) < 4.78 is 1.98. The summed E-state index contributed by atoms with van der Waals surface area (Å²) in [6.07, 6.45) is 7.55. The van der Waals surface area contributed by atoms with Gasteiger partial charge in [0.2, 0.25) is 0 Å². The van der Waals surface area contributed by atoms with E-state index in [1.807, 2.05) is 23.1 Å². The van der Waals surface area contributed by atoms with Gasteiger partial charge in [0, 0.05) is 49.4 Å². The molecule has 2 heterocycles. The van der Waals surface area contributed by atoms with Crippen molar-refractivity contribution in [3.63, 3.8) is 0 Å². The molecule has 4 nitrogen and oxygen atoms in total. The Kier molecular flexibility index (Phi) is 4.43. The van der Waals surface area contributed by atoms with Crippen molar-refractivity contribution in [1.82, 2.24) is 9.78 Å². The van der Waals surface area contributed by atoms with Gasteiger partial charge in [-0.3, -0.25) is 4.68 Å². The Morgan fingerprint density at radius 1 is 1.24 bits per heavy atom. The number of aryl methyl sites for hydroxylation is 1. The molecule has 0 bridgehead atoms. The van der Waals surface area contributed by atoms with Gasteiger partial charge in [0.1, 0.15) is 0 Å². The van der Waals surface area contributed by atoms with Gasteiger partial charge in [0.25, 0.3) is 0 Å². The Morgan fingerprint density at radius 2 is 2.10 bits per heavy atom. The molecular weight excluding hydrogens is 260 g/mol. The van der Waals surface area contributed by atoms with E-state index in [1.54, 1.807) is 0 Å². The van der Waals surface area contributed by atoms with Crippen LogP contribution >= 0.6 is 0 Å². The molecule has 4 heteroatoms. The van der Waals surface area contributed by atoms with Crippen LogP contribution in [0.25, 0.3) is 0 Å². The highest BCUT2D eigenvalue weighted by molar-refractivity contribution is 5.58. The highest BCUT2D eigenvalue weighted by Gasteiger charge is 2.12. The molecule has 0 saturated carbocycles. The molecule has 1 aromatic carbocycles. The Balaban J connectivity index is 1.55. The molecule has 1 N–H and O–H groups in total. The normalized spacial score (nSPS) is 16.1. The quantitative estimate of drug-likeness (QED) is 0.883. The Hall–Kier alpha value is -1.97. The molecule has 0 unspecified atom stereocenters. The number of nitrogens with zero attached hydrogens (tertiary/aromatic N) is 3. The summed E-state index contributed by atoms with van der Waals surface area (Å²) >= 11 is 0. The second kappa shape index (κ2) is 6.66. The lowest BCUT2D eigenvalue weighted by Crippen LogP contribution is -2.20. The molecule has 112 valence electrons. The van der Waals surface area contributed by atoms with Crippen LogP contribution in [-0.4, -0.2) is 28.9 Å². The van der Waals surface area contributed by atoms with Gasteiger partial charge in [-0.05, 0) is 50.5 Å². The standard InChI is InChI=1S/C17H24N4/c1-15(8-13-21-12-5-9-18-21)19-16-6-4-7-17(14-16)20-10-2-3-11-20/h4-7,9,12,14-15,19H,2-3,8,10-11,13H2,1H3/t15-/m1/s1. The molecule has 1 atom stereocenters. The fourth-order valence-electron chi connectivity index (χ4n) is 2.88. The number of hydrogen-bond donors (Lipinski definition) is 1. The molecule has 0 spiro atoms. The Bertz CT molecular complexity index is 544. The second-order valence-electron chi connectivity index (χ2n) is 5.85. The average molecular weight is 284 g/mol. The van der Waals surface area contributed by atoms with E-state index < -0.39 is 0 Å². The third-order valence-electron chi connectivity index (χ3n) is 4.08. The minimum Gasteiger partial charge on any atom is -0.382 e. The van der Waals surface area contributed by atoms with Gasteiger partial charge in [-0.1, -0.05) is 6.07 Å². The van der Waals surface area contributed by atoms with Crippen LogP contribution in [-0.2, 0) is 6.54 Å².